The number of anilines is 1. The predicted octanol–water partition coefficient (Wildman–Crippen LogP) is 3.80. The number of carboxylic acids is 1. The van der Waals surface area contributed by atoms with Crippen LogP contribution >= 0.6 is 0 Å². The largest absolute Gasteiger partial charge is 0.496 e. The van der Waals surface area contributed by atoms with Crippen molar-refractivity contribution in [3.63, 3.8) is 0 Å². The van der Waals surface area contributed by atoms with Crippen molar-refractivity contribution >= 4 is 17.6 Å². The number of rotatable bonds is 11. The molecule has 8 nitrogen and oxygen atoms in total. The Morgan fingerprint density at radius 3 is 2.62 bits per heavy atom. The molecule has 0 aliphatic carbocycles. The molecule has 0 amide bonds. The van der Waals surface area contributed by atoms with Gasteiger partial charge in [-0.05, 0) is 59.1 Å². The lowest BCUT2D eigenvalue weighted by Gasteiger charge is -2.27. The van der Waals surface area contributed by atoms with Gasteiger partial charge in [0, 0.05) is 30.3 Å². The first-order chi connectivity index (χ1) is 16.2. The summed E-state index contributed by atoms with van der Waals surface area (Å²) >= 11 is 0. The van der Waals surface area contributed by atoms with E-state index in [0.29, 0.717) is 38.0 Å². The lowest BCUT2D eigenvalue weighted by atomic mass is 9.92. The number of nitrogens with one attached hydrogen (secondary N) is 1. The highest BCUT2D eigenvalue weighted by atomic mass is 16.5. The van der Waals surface area contributed by atoms with Gasteiger partial charge in [-0.2, -0.15) is 0 Å². The molecule has 1 saturated heterocycles. The molecular formula is C26H38N2O6. The Morgan fingerprint density at radius 1 is 1.29 bits per heavy atom. The van der Waals surface area contributed by atoms with Gasteiger partial charge in [0.2, 0.25) is 0 Å². The third kappa shape index (κ3) is 6.10. The Kier molecular flexibility index (Phi) is 8.97. The van der Waals surface area contributed by atoms with Crippen LogP contribution in [0.15, 0.2) is 11.6 Å². The summed E-state index contributed by atoms with van der Waals surface area (Å²) in [5.74, 6) is -0.783. The monoisotopic (exact) mass is 474 g/mol. The van der Waals surface area contributed by atoms with E-state index < -0.39 is 11.9 Å². The quantitative estimate of drug-likeness (QED) is 0.369. The molecule has 0 saturated carbocycles. The number of hydrogen-bond acceptors (Lipinski definition) is 7. The molecule has 188 valence electrons. The average Bonchev–Trinajstić information content (AvgIpc) is 3.19. The SMILES string of the molecule is COc1c(C)c2c(c(NC(C)C)c1CC=C(C)CC(CCN1CCOCC1)C(=O)O)C(=O)OC2. The fraction of sp³-hybridized carbons (Fsp3) is 0.615. The Labute approximate surface area is 202 Å². The number of benzene rings is 1. The summed E-state index contributed by atoms with van der Waals surface area (Å²) in [5, 5.41) is 13.2. The van der Waals surface area contributed by atoms with Crippen LogP contribution in [0, 0.1) is 12.8 Å². The Balaban J connectivity index is 1.81. The van der Waals surface area contributed by atoms with Crippen molar-refractivity contribution in [3.05, 3.63) is 33.9 Å². The number of hydrogen-bond donors (Lipinski definition) is 2. The fourth-order valence-corrected chi connectivity index (χ4v) is 4.73. The molecule has 2 aliphatic heterocycles. The predicted molar refractivity (Wildman–Crippen MR) is 131 cm³/mol. The van der Waals surface area contributed by atoms with Crippen molar-refractivity contribution in [1.29, 1.82) is 0 Å². The van der Waals surface area contributed by atoms with Gasteiger partial charge >= 0.3 is 11.9 Å². The van der Waals surface area contributed by atoms with Crippen LogP contribution in [-0.4, -0.2) is 67.9 Å². The number of fused-ring (bicyclic) bond motifs is 1. The number of allylic oxidation sites excluding steroid dienone is 2. The van der Waals surface area contributed by atoms with Crippen molar-refractivity contribution < 1.29 is 28.9 Å². The fourth-order valence-electron chi connectivity index (χ4n) is 4.73. The smallest absolute Gasteiger partial charge is 0.341 e. The second-order valence-corrected chi connectivity index (χ2v) is 9.48. The van der Waals surface area contributed by atoms with E-state index >= 15 is 0 Å². The number of methoxy groups -OCH3 is 1. The van der Waals surface area contributed by atoms with Gasteiger partial charge in [0.05, 0.1) is 37.5 Å². The number of esters is 1. The zero-order chi connectivity index (χ0) is 24.8. The molecule has 0 bridgehead atoms. The van der Waals surface area contributed by atoms with Crippen LogP contribution in [0.5, 0.6) is 5.75 Å². The van der Waals surface area contributed by atoms with Crippen LogP contribution < -0.4 is 10.1 Å². The molecular weight excluding hydrogens is 436 g/mol. The molecule has 0 aromatic heterocycles. The average molecular weight is 475 g/mol. The normalized spacial score (nSPS) is 17.5. The summed E-state index contributed by atoms with van der Waals surface area (Å²) in [5.41, 5.74) is 5.01. The summed E-state index contributed by atoms with van der Waals surface area (Å²) < 4.78 is 16.5. The highest BCUT2D eigenvalue weighted by molar-refractivity contribution is 6.01. The van der Waals surface area contributed by atoms with Gasteiger partial charge in [0.25, 0.3) is 0 Å². The first kappa shape index (κ1) is 26.0. The van der Waals surface area contributed by atoms with Gasteiger partial charge in [-0.3, -0.25) is 9.69 Å². The minimum absolute atomic E-state index is 0.116. The molecule has 1 fully saturated rings. The molecule has 3 rings (SSSR count). The maximum atomic E-state index is 12.5. The van der Waals surface area contributed by atoms with E-state index in [4.69, 9.17) is 14.2 Å². The zero-order valence-corrected chi connectivity index (χ0v) is 21.0. The highest BCUT2D eigenvalue weighted by Crippen LogP contribution is 2.41. The number of nitrogens with zero attached hydrogens (tertiary/aromatic N) is 1. The number of aliphatic carboxylic acids is 1. The first-order valence-corrected chi connectivity index (χ1v) is 12.1. The van der Waals surface area contributed by atoms with Crippen LogP contribution in [0.4, 0.5) is 5.69 Å². The number of morpholine rings is 1. The van der Waals surface area contributed by atoms with Crippen LogP contribution in [-0.2, 0) is 27.3 Å². The Hall–Kier alpha value is -2.58. The molecule has 0 radical (unpaired) electrons. The van der Waals surface area contributed by atoms with Gasteiger partial charge in [-0.15, -0.1) is 0 Å². The van der Waals surface area contributed by atoms with Crippen molar-refractivity contribution in [2.24, 2.45) is 5.92 Å². The third-order valence-corrected chi connectivity index (χ3v) is 6.58. The first-order valence-electron chi connectivity index (χ1n) is 12.1. The maximum Gasteiger partial charge on any atom is 0.341 e. The minimum Gasteiger partial charge on any atom is -0.496 e. The molecule has 1 atom stereocenters. The lowest BCUT2D eigenvalue weighted by molar-refractivity contribution is -0.142. The summed E-state index contributed by atoms with van der Waals surface area (Å²) in [6.07, 6.45) is 3.68. The summed E-state index contributed by atoms with van der Waals surface area (Å²) in [6, 6.07) is 0.116. The van der Waals surface area contributed by atoms with Gasteiger partial charge in [0.15, 0.2) is 0 Å². The van der Waals surface area contributed by atoms with Crippen molar-refractivity contribution in [2.75, 3.05) is 45.3 Å². The van der Waals surface area contributed by atoms with Crippen LogP contribution in [0.1, 0.15) is 60.7 Å². The standard InChI is InChI=1S/C26H38N2O6/c1-16(2)27-23-20(24(32-5)18(4)21-15-34-26(31)22(21)23)7-6-17(3)14-19(25(29)30)8-9-28-10-12-33-13-11-28/h6,16,19,27H,7-15H2,1-5H3,(H,29,30). The molecule has 1 aromatic carbocycles. The van der Waals surface area contributed by atoms with E-state index in [2.05, 4.69) is 16.3 Å². The molecule has 2 aliphatic rings. The summed E-state index contributed by atoms with van der Waals surface area (Å²) in [7, 11) is 1.64. The molecule has 34 heavy (non-hydrogen) atoms. The van der Waals surface area contributed by atoms with E-state index in [-0.39, 0.29) is 18.6 Å². The summed E-state index contributed by atoms with van der Waals surface area (Å²) in [4.78, 5) is 26.7. The van der Waals surface area contributed by atoms with Crippen LogP contribution in [0.3, 0.4) is 0 Å². The van der Waals surface area contributed by atoms with E-state index in [9.17, 15) is 14.7 Å². The second-order valence-electron chi connectivity index (χ2n) is 9.48. The Morgan fingerprint density at radius 2 is 2.00 bits per heavy atom. The third-order valence-electron chi connectivity index (χ3n) is 6.58. The summed E-state index contributed by atoms with van der Waals surface area (Å²) in [6.45, 7) is 12.1. The molecule has 0 spiro atoms. The number of carbonyl (C=O) groups is 2. The number of cyclic esters (lactones) is 1. The van der Waals surface area contributed by atoms with Crippen molar-refractivity contribution in [3.8, 4) is 5.75 Å². The molecule has 8 heteroatoms. The van der Waals surface area contributed by atoms with Gasteiger partial charge < -0.3 is 24.6 Å². The van der Waals surface area contributed by atoms with E-state index in [1.807, 2.05) is 27.7 Å². The molecule has 1 unspecified atom stereocenters. The van der Waals surface area contributed by atoms with Crippen LogP contribution in [0.2, 0.25) is 0 Å². The topological polar surface area (TPSA) is 97.3 Å². The number of carbonyl (C=O) groups excluding carboxylic acids is 1. The highest BCUT2D eigenvalue weighted by Gasteiger charge is 2.32. The van der Waals surface area contributed by atoms with Gasteiger partial charge in [-0.1, -0.05) is 11.6 Å². The molecule has 1 aromatic rings. The Bertz CT molecular complexity index is 934. The second kappa shape index (κ2) is 11.7. The van der Waals surface area contributed by atoms with Crippen molar-refractivity contribution in [1.82, 2.24) is 4.90 Å². The van der Waals surface area contributed by atoms with Crippen molar-refractivity contribution in [2.45, 2.75) is 59.6 Å². The van der Waals surface area contributed by atoms with E-state index in [1.54, 1.807) is 7.11 Å². The molecule has 2 N–H and O–H groups in total. The minimum atomic E-state index is -0.767. The van der Waals surface area contributed by atoms with E-state index in [1.165, 1.54) is 0 Å². The zero-order valence-electron chi connectivity index (χ0n) is 21.0. The number of ether oxygens (including phenoxy) is 3. The lowest BCUT2D eigenvalue weighted by Crippen LogP contribution is -2.38. The van der Waals surface area contributed by atoms with Gasteiger partial charge in [-0.25, -0.2) is 4.79 Å². The number of carboxylic acid groups (broad SMARTS) is 1. The molecule has 2 heterocycles. The van der Waals surface area contributed by atoms with Crippen LogP contribution in [0.25, 0.3) is 0 Å². The van der Waals surface area contributed by atoms with Gasteiger partial charge in [0.1, 0.15) is 12.4 Å². The maximum absolute atomic E-state index is 12.5. The van der Waals surface area contributed by atoms with E-state index in [0.717, 1.165) is 53.3 Å².